The van der Waals surface area contributed by atoms with E-state index in [0.29, 0.717) is 0 Å². The standard InChI is InChI=1S/C14H13N3O2/c1-8-4-3-5-9-6-10(15-13(8)9)12-7-11(14(18)19)16-17(12)2/h3-7,15H,1-2H3,(H,18,19). The van der Waals surface area contributed by atoms with Crippen molar-refractivity contribution in [1.29, 1.82) is 0 Å². The highest BCUT2D eigenvalue weighted by molar-refractivity contribution is 5.90. The van der Waals surface area contributed by atoms with Crippen molar-refractivity contribution in [3.63, 3.8) is 0 Å². The number of benzene rings is 1. The fourth-order valence-corrected chi connectivity index (χ4v) is 2.27. The van der Waals surface area contributed by atoms with Gasteiger partial charge in [-0.1, -0.05) is 18.2 Å². The summed E-state index contributed by atoms with van der Waals surface area (Å²) in [6.45, 7) is 2.04. The number of para-hydroxylation sites is 1. The molecule has 3 rings (SSSR count). The third-order valence-corrected chi connectivity index (χ3v) is 3.24. The van der Waals surface area contributed by atoms with Crippen molar-refractivity contribution in [3.05, 3.63) is 41.6 Å². The van der Waals surface area contributed by atoms with Gasteiger partial charge in [-0.2, -0.15) is 5.10 Å². The molecule has 1 aromatic carbocycles. The first-order chi connectivity index (χ1) is 9.06. The zero-order valence-electron chi connectivity index (χ0n) is 10.6. The van der Waals surface area contributed by atoms with Gasteiger partial charge in [0.25, 0.3) is 0 Å². The van der Waals surface area contributed by atoms with Crippen molar-refractivity contribution in [3.8, 4) is 11.4 Å². The number of fused-ring (bicyclic) bond motifs is 1. The Hall–Kier alpha value is -2.56. The smallest absolute Gasteiger partial charge is 0.356 e. The van der Waals surface area contributed by atoms with E-state index >= 15 is 0 Å². The molecule has 0 aliphatic heterocycles. The van der Waals surface area contributed by atoms with Crippen LogP contribution in [0.15, 0.2) is 30.3 Å². The predicted molar refractivity (Wildman–Crippen MR) is 72.2 cm³/mol. The molecule has 96 valence electrons. The van der Waals surface area contributed by atoms with Crippen LogP contribution < -0.4 is 0 Å². The Morgan fingerprint density at radius 2 is 2.16 bits per heavy atom. The van der Waals surface area contributed by atoms with E-state index in [0.717, 1.165) is 27.9 Å². The molecule has 0 atom stereocenters. The summed E-state index contributed by atoms with van der Waals surface area (Å²) in [4.78, 5) is 14.3. The molecule has 0 amide bonds. The third kappa shape index (κ3) is 1.79. The summed E-state index contributed by atoms with van der Waals surface area (Å²) >= 11 is 0. The predicted octanol–water partition coefficient (Wildman–Crippen LogP) is 2.58. The molecule has 0 saturated carbocycles. The number of carboxylic acid groups (broad SMARTS) is 1. The topological polar surface area (TPSA) is 70.9 Å². The molecule has 5 heteroatoms. The largest absolute Gasteiger partial charge is 0.476 e. The average molecular weight is 255 g/mol. The van der Waals surface area contributed by atoms with Gasteiger partial charge in [-0.15, -0.1) is 0 Å². The van der Waals surface area contributed by atoms with Crippen LogP contribution in [0.25, 0.3) is 22.3 Å². The molecule has 0 radical (unpaired) electrons. The molecule has 19 heavy (non-hydrogen) atoms. The fraction of sp³-hybridized carbons (Fsp3) is 0.143. The lowest BCUT2D eigenvalue weighted by atomic mass is 10.2. The number of carboxylic acids is 1. The highest BCUT2D eigenvalue weighted by atomic mass is 16.4. The number of aromatic amines is 1. The van der Waals surface area contributed by atoms with Gasteiger partial charge in [0.15, 0.2) is 5.69 Å². The number of aromatic carboxylic acids is 1. The van der Waals surface area contributed by atoms with Crippen LogP contribution in [0.1, 0.15) is 16.1 Å². The molecule has 2 aromatic heterocycles. The minimum Gasteiger partial charge on any atom is -0.476 e. The van der Waals surface area contributed by atoms with Gasteiger partial charge in [-0.05, 0) is 18.6 Å². The molecular weight excluding hydrogens is 242 g/mol. The van der Waals surface area contributed by atoms with Crippen LogP contribution in [0.4, 0.5) is 0 Å². The first-order valence-corrected chi connectivity index (χ1v) is 5.92. The molecule has 0 spiro atoms. The minimum absolute atomic E-state index is 0.0490. The van der Waals surface area contributed by atoms with Gasteiger partial charge in [0.2, 0.25) is 0 Å². The van der Waals surface area contributed by atoms with Gasteiger partial charge >= 0.3 is 5.97 Å². The lowest BCUT2D eigenvalue weighted by Gasteiger charge is -1.97. The van der Waals surface area contributed by atoms with Gasteiger partial charge < -0.3 is 10.1 Å². The van der Waals surface area contributed by atoms with Gasteiger partial charge in [0.1, 0.15) is 0 Å². The van der Waals surface area contributed by atoms with E-state index in [9.17, 15) is 4.79 Å². The zero-order chi connectivity index (χ0) is 13.6. The maximum atomic E-state index is 10.9. The lowest BCUT2D eigenvalue weighted by Crippen LogP contribution is -1.99. The fourth-order valence-electron chi connectivity index (χ4n) is 2.27. The van der Waals surface area contributed by atoms with Crippen LogP contribution >= 0.6 is 0 Å². The van der Waals surface area contributed by atoms with Crippen molar-refractivity contribution in [2.24, 2.45) is 7.05 Å². The third-order valence-electron chi connectivity index (χ3n) is 3.24. The van der Waals surface area contributed by atoms with Crippen LogP contribution in [-0.4, -0.2) is 25.8 Å². The number of nitrogens with one attached hydrogen (secondary N) is 1. The second-order valence-electron chi connectivity index (χ2n) is 4.57. The van der Waals surface area contributed by atoms with Crippen LogP contribution in [-0.2, 0) is 7.05 Å². The molecule has 2 N–H and O–H groups in total. The number of aromatic nitrogens is 3. The van der Waals surface area contributed by atoms with Gasteiger partial charge in [-0.25, -0.2) is 4.79 Å². The lowest BCUT2D eigenvalue weighted by molar-refractivity contribution is 0.0689. The summed E-state index contributed by atoms with van der Waals surface area (Å²) in [7, 11) is 1.74. The van der Waals surface area contributed by atoms with Crippen LogP contribution in [0.5, 0.6) is 0 Å². The Bertz CT molecular complexity index is 783. The molecule has 0 aliphatic carbocycles. The molecule has 5 nitrogen and oxygen atoms in total. The Kier molecular flexibility index (Phi) is 2.41. The number of aryl methyl sites for hydroxylation is 2. The maximum Gasteiger partial charge on any atom is 0.356 e. The molecule has 0 aliphatic rings. The normalized spacial score (nSPS) is 11.1. The van der Waals surface area contributed by atoms with Gasteiger partial charge in [0, 0.05) is 24.0 Å². The van der Waals surface area contributed by atoms with Crippen molar-refractivity contribution in [2.75, 3.05) is 0 Å². The van der Waals surface area contributed by atoms with E-state index in [1.807, 2.05) is 31.2 Å². The average Bonchev–Trinajstić information content (AvgIpc) is 2.93. The van der Waals surface area contributed by atoms with Crippen molar-refractivity contribution >= 4 is 16.9 Å². The second-order valence-corrected chi connectivity index (χ2v) is 4.57. The maximum absolute atomic E-state index is 10.9. The van der Waals surface area contributed by atoms with Crippen molar-refractivity contribution < 1.29 is 9.90 Å². The molecule has 0 bridgehead atoms. The Morgan fingerprint density at radius 1 is 1.37 bits per heavy atom. The molecular formula is C14H13N3O2. The highest BCUT2D eigenvalue weighted by Gasteiger charge is 2.14. The summed E-state index contributed by atoms with van der Waals surface area (Å²) in [6, 6.07) is 9.64. The summed E-state index contributed by atoms with van der Waals surface area (Å²) in [6.07, 6.45) is 0. The van der Waals surface area contributed by atoms with E-state index in [1.165, 1.54) is 0 Å². The Morgan fingerprint density at radius 3 is 2.79 bits per heavy atom. The summed E-state index contributed by atoms with van der Waals surface area (Å²) in [5, 5.41) is 14.0. The number of hydrogen-bond donors (Lipinski definition) is 2. The summed E-state index contributed by atoms with van der Waals surface area (Å²) in [5.41, 5.74) is 3.90. The number of hydrogen-bond acceptors (Lipinski definition) is 2. The molecule has 0 saturated heterocycles. The molecule has 0 unspecified atom stereocenters. The second kappa shape index (κ2) is 3.98. The van der Waals surface area contributed by atoms with Gasteiger partial charge in [0.05, 0.1) is 11.4 Å². The SMILES string of the molecule is Cc1cccc2cc(-c3cc(C(=O)O)nn3C)[nH]c12. The quantitative estimate of drug-likeness (QED) is 0.739. The number of rotatable bonds is 2. The van der Waals surface area contributed by atoms with E-state index < -0.39 is 5.97 Å². The highest BCUT2D eigenvalue weighted by Crippen LogP contribution is 2.26. The minimum atomic E-state index is -1.02. The first-order valence-electron chi connectivity index (χ1n) is 5.92. The first kappa shape index (κ1) is 11.5. The molecule has 0 fully saturated rings. The summed E-state index contributed by atoms with van der Waals surface area (Å²) < 4.78 is 1.57. The monoisotopic (exact) mass is 255 g/mol. The van der Waals surface area contributed by atoms with Crippen molar-refractivity contribution in [2.45, 2.75) is 6.92 Å². The number of carbonyl (C=O) groups is 1. The Balaban J connectivity index is 2.19. The van der Waals surface area contributed by atoms with E-state index in [-0.39, 0.29) is 5.69 Å². The van der Waals surface area contributed by atoms with E-state index in [2.05, 4.69) is 10.1 Å². The zero-order valence-corrected chi connectivity index (χ0v) is 10.6. The van der Waals surface area contributed by atoms with Crippen molar-refractivity contribution in [1.82, 2.24) is 14.8 Å². The van der Waals surface area contributed by atoms with Crippen LogP contribution in [0.2, 0.25) is 0 Å². The van der Waals surface area contributed by atoms with E-state index in [1.54, 1.807) is 17.8 Å². The van der Waals surface area contributed by atoms with Crippen LogP contribution in [0.3, 0.4) is 0 Å². The van der Waals surface area contributed by atoms with Gasteiger partial charge in [-0.3, -0.25) is 4.68 Å². The summed E-state index contributed by atoms with van der Waals surface area (Å²) in [5.74, 6) is -1.02. The van der Waals surface area contributed by atoms with E-state index in [4.69, 9.17) is 5.11 Å². The molecule has 2 heterocycles. The number of nitrogens with zero attached hydrogens (tertiary/aromatic N) is 2. The number of H-pyrrole nitrogens is 1. The molecule has 3 aromatic rings. The Labute approximate surface area is 109 Å². The van der Waals surface area contributed by atoms with Crippen LogP contribution in [0, 0.1) is 6.92 Å².